The van der Waals surface area contributed by atoms with Crippen LogP contribution in [0.4, 0.5) is 0 Å². The minimum Gasteiger partial charge on any atom is -0.394 e. The van der Waals surface area contributed by atoms with Crippen LogP contribution in [-0.4, -0.2) is 30.5 Å². The van der Waals surface area contributed by atoms with Crippen molar-refractivity contribution in [1.29, 1.82) is 0 Å². The third-order valence-corrected chi connectivity index (χ3v) is 2.39. The number of rotatable bonds is 6. The lowest BCUT2D eigenvalue weighted by atomic mass is 9.99. The first kappa shape index (κ1) is 9.96. The van der Waals surface area contributed by atoms with Crippen LogP contribution in [0.25, 0.3) is 0 Å². The fourth-order valence-corrected chi connectivity index (χ4v) is 1.43. The number of hydrogen-bond acceptors (Lipinski definition) is 3. The first-order valence-corrected chi connectivity index (χ1v) is 4.65. The summed E-state index contributed by atoms with van der Waals surface area (Å²) in [7, 11) is 0. The van der Waals surface area contributed by atoms with Crippen molar-refractivity contribution in [2.75, 3.05) is 19.8 Å². The Hall–Kier alpha value is -0.120. The minimum absolute atomic E-state index is 0.0836. The normalized spacial score (nSPS) is 22.2. The summed E-state index contributed by atoms with van der Waals surface area (Å²) in [6.07, 6.45) is 3.68. The predicted octanol–water partition coefficient (Wildman–Crippen LogP) is 0.513. The molecule has 1 unspecified atom stereocenters. The molecule has 3 heteroatoms. The molecule has 1 aliphatic carbocycles. The second-order valence-corrected chi connectivity index (χ2v) is 3.87. The van der Waals surface area contributed by atoms with Gasteiger partial charge in [-0.25, -0.2) is 0 Å². The molecule has 0 aromatic rings. The van der Waals surface area contributed by atoms with E-state index in [0.717, 1.165) is 12.3 Å². The van der Waals surface area contributed by atoms with Crippen LogP contribution in [0.5, 0.6) is 0 Å². The number of aliphatic hydroxyl groups excluding tert-OH is 1. The average molecular weight is 173 g/mol. The van der Waals surface area contributed by atoms with E-state index >= 15 is 0 Å². The van der Waals surface area contributed by atoms with E-state index in [1.807, 2.05) is 6.92 Å². The maximum atomic E-state index is 8.61. The summed E-state index contributed by atoms with van der Waals surface area (Å²) >= 11 is 0. The van der Waals surface area contributed by atoms with Crippen molar-refractivity contribution in [3.05, 3.63) is 0 Å². The molecule has 0 aromatic heterocycles. The van der Waals surface area contributed by atoms with Gasteiger partial charge in [0.25, 0.3) is 0 Å². The monoisotopic (exact) mass is 173 g/mol. The molecule has 1 aliphatic rings. The van der Waals surface area contributed by atoms with Gasteiger partial charge >= 0.3 is 0 Å². The third kappa shape index (κ3) is 3.09. The maximum absolute atomic E-state index is 8.61. The molecular formula is C9H19NO2. The van der Waals surface area contributed by atoms with Gasteiger partial charge in [0.1, 0.15) is 0 Å². The van der Waals surface area contributed by atoms with Crippen molar-refractivity contribution < 1.29 is 9.84 Å². The molecule has 0 saturated heterocycles. The summed E-state index contributed by atoms with van der Waals surface area (Å²) in [6, 6.07) is 0. The summed E-state index contributed by atoms with van der Waals surface area (Å²) in [6.45, 7) is 3.06. The Labute approximate surface area is 73.9 Å². The lowest BCUT2D eigenvalue weighted by Crippen LogP contribution is -2.38. The first-order chi connectivity index (χ1) is 5.70. The lowest BCUT2D eigenvalue weighted by molar-refractivity contribution is -0.0477. The zero-order chi connectivity index (χ0) is 9.03. The van der Waals surface area contributed by atoms with Crippen LogP contribution in [0, 0.1) is 5.92 Å². The number of hydrogen-bond donors (Lipinski definition) is 2. The quantitative estimate of drug-likeness (QED) is 0.615. The van der Waals surface area contributed by atoms with Crippen molar-refractivity contribution in [3.63, 3.8) is 0 Å². The molecule has 3 nitrogen and oxygen atoms in total. The van der Waals surface area contributed by atoms with Crippen LogP contribution in [0.15, 0.2) is 0 Å². The van der Waals surface area contributed by atoms with Crippen LogP contribution in [0.1, 0.15) is 26.2 Å². The Bertz CT molecular complexity index is 136. The van der Waals surface area contributed by atoms with Gasteiger partial charge in [0, 0.05) is 6.54 Å². The van der Waals surface area contributed by atoms with Crippen molar-refractivity contribution in [2.24, 2.45) is 11.7 Å². The van der Waals surface area contributed by atoms with E-state index in [1.54, 1.807) is 0 Å². The van der Waals surface area contributed by atoms with E-state index in [9.17, 15) is 0 Å². The molecule has 0 spiro atoms. The van der Waals surface area contributed by atoms with E-state index in [0.29, 0.717) is 13.2 Å². The Morgan fingerprint density at radius 2 is 2.25 bits per heavy atom. The fourth-order valence-electron chi connectivity index (χ4n) is 1.43. The lowest BCUT2D eigenvalue weighted by Gasteiger charge is -2.28. The summed E-state index contributed by atoms with van der Waals surface area (Å²) in [4.78, 5) is 0. The zero-order valence-electron chi connectivity index (χ0n) is 7.75. The molecule has 1 saturated carbocycles. The molecule has 0 radical (unpaired) electrons. The highest BCUT2D eigenvalue weighted by molar-refractivity contribution is 4.85. The van der Waals surface area contributed by atoms with Gasteiger partial charge in [-0.1, -0.05) is 12.8 Å². The predicted molar refractivity (Wildman–Crippen MR) is 47.8 cm³/mol. The molecule has 1 rings (SSSR count). The minimum atomic E-state index is -0.204. The number of aliphatic hydroxyl groups is 1. The largest absolute Gasteiger partial charge is 0.394 e. The Morgan fingerprint density at radius 1 is 1.58 bits per heavy atom. The van der Waals surface area contributed by atoms with Gasteiger partial charge in [-0.2, -0.15) is 0 Å². The highest BCUT2D eigenvalue weighted by Gasteiger charge is 2.32. The second kappa shape index (κ2) is 4.21. The fraction of sp³-hybridized carbons (Fsp3) is 1.00. The van der Waals surface area contributed by atoms with Crippen LogP contribution in [-0.2, 0) is 4.74 Å². The third-order valence-electron chi connectivity index (χ3n) is 2.39. The molecule has 1 atom stereocenters. The molecule has 12 heavy (non-hydrogen) atoms. The average Bonchev–Trinajstić information content (AvgIpc) is 2.85. The highest BCUT2D eigenvalue weighted by Crippen LogP contribution is 2.37. The summed E-state index contributed by atoms with van der Waals surface area (Å²) < 4.78 is 5.50. The molecule has 1 fully saturated rings. The SMILES string of the molecule is CC(CN)(CC1CC1)OCCO. The van der Waals surface area contributed by atoms with Crippen LogP contribution >= 0.6 is 0 Å². The van der Waals surface area contributed by atoms with E-state index in [2.05, 4.69) is 0 Å². The van der Waals surface area contributed by atoms with E-state index in [-0.39, 0.29) is 12.2 Å². The van der Waals surface area contributed by atoms with Crippen LogP contribution < -0.4 is 5.73 Å². The zero-order valence-corrected chi connectivity index (χ0v) is 7.75. The Balaban J connectivity index is 2.25. The van der Waals surface area contributed by atoms with Gasteiger partial charge < -0.3 is 15.6 Å². The summed E-state index contributed by atoms with van der Waals surface area (Å²) in [5, 5.41) is 8.61. The smallest absolute Gasteiger partial charge is 0.0779 e. The van der Waals surface area contributed by atoms with Crippen molar-refractivity contribution in [2.45, 2.75) is 31.8 Å². The molecule has 72 valence electrons. The van der Waals surface area contributed by atoms with Crippen molar-refractivity contribution in [1.82, 2.24) is 0 Å². The number of ether oxygens (including phenoxy) is 1. The van der Waals surface area contributed by atoms with Crippen molar-refractivity contribution >= 4 is 0 Å². The molecule has 0 aromatic carbocycles. The molecule has 0 bridgehead atoms. The Morgan fingerprint density at radius 3 is 2.67 bits per heavy atom. The summed E-state index contributed by atoms with van der Waals surface area (Å²) in [5.74, 6) is 0.817. The highest BCUT2D eigenvalue weighted by atomic mass is 16.5. The molecule has 0 amide bonds. The first-order valence-electron chi connectivity index (χ1n) is 4.65. The number of nitrogens with two attached hydrogens (primary N) is 1. The standard InChI is InChI=1S/C9H19NO2/c1-9(7-10,12-5-4-11)6-8-2-3-8/h8,11H,2-7,10H2,1H3. The molecule has 0 heterocycles. The van der Waals surface area contributed by atoms with Gasteiger partial charge in [0.2, 0.25) is 0 Å². The van der Waals surface area contributed by atoms with Crippen LogP contribution in [0.2, 0.25) is 0 Å². The summed E-state index contributed by atoms with van der Waals surface area (Å²) in [5.41, 5.74) is 5.41. The second-order valence-electron chi connectivity index (χ2n) is 3.87. The van der Waals surface area contributed by atoms with Crippen LogP contribution in [0.3, 0.4) is 0 Å². The molecule has 3 N–H and O–H groups in total. The van der Waals surface area contributed by atoms with Gasteiger partial charge in [-0.05, 0) is 19.3 Å². The van der Waals surface area contributed by atoms with E-state index in [4.69, 9.17) is 15.6 Å². The Kier molecular flexibility index (Phi) is 3.50. The molecular weight excluding hydrogens is 154 g/mol. The van der Waals surface area contributed by atoms with Crippen molar-refractivity contribution in [3.8, 4) is 0 Å². The van der Waals surface area contributed by atoms with Gasteiger partial charge in [0.05, 0.1) is 18.8 Å². The topological polar surface area (TPSA) is 55.5 Å². The van der Waals surface area contributed by atoms with E-state index < -0.39 is 0 Å². The van der Waals surface area contributed by atoms with Gasteiger partial charge in [-0.3, -0.25) is 0 Å². The van der Waals surface area contributed by atoms with Gasteiger partial charge in [-0.15, -0.1) is 0 Å². The molecule has 0 aliphatic heterocycles. The van der Waals surface area contributed by atoms with E-state index in [1.165, 1.54) is 12.8 Å². The van der Waals surface area contributed by atoms with Gasteiger partial charge in [0.15, 0.2) is 0 Å². The maximum Gasteiger partial charge on any atom is 0.0779 e.